The Labute approximate surface area is 124 Å². The molecule has 1 amide bonds. The standard InChI is InChI=1S/C13H21N3O4S/c1-8-4-5-15-7-11(8)16-13(17)10-6-12(20-9(10)2)21(18,19)14-3/h6,8,11,14-15H,4-5,7H2,1-3H3,(H,16,17). The van der Waals surface area contributed by atoms with Crippen molar-refractivity contribution < 1.29 is 17.6 Å². The molecule has 1 saturated heterocycles. The van der Waals surface area contributed by atoms with Gasteiger partial charge < -0.3 is 15.1 Å². The summed E-state index contributed by atoms with van der Waals surface area (Å²) in [5.41, 5.74) is 0.251. The van der Waals surface area contributed by atoms with E-state index in [-0.39, 0.29) is 28.4 Å². The van der Waals surface area contributed by atoms with Crippen LogP contribution in [0.4, 0.5) is 0 Å². The lowest BCUT2D eigenvalue weighted by Crippen LogP contribution is -2.50. The van der Waals surface area contributed by atoms with Gasteiger partial charge in [0.25, 0.3) is 15.9 Å². The van der Waals surface area contributed by atoms with Crippen molar-refractivity contribution in [2.45, 2.75) is 31.4 Å². The van der Waals surface area contributed by atoms with Crippen LogP contribution in [0.5, 0.6) is 0 Å². The number of hydrogen-bond acceptors (Lipinski definition) is 5. The van der Waals surface area contributed by atoms with Gasteiger partial charge in [0.2, 0.25) is 5.09 Å². The summed E-state index contributed by atoms with van der Waals surface area (Å²) >= 11 is 0. The first kappa shape index (κ1) is 16.0. The van der Waals surface area contributed by atoms with Crippen molar-refractivity contribution in [3.05, 3.63) is 17.4 Å². The lowest BCUT2D eigenvalue weighted by Gasteiger charge is -2.30. The molecule has 2 heterocycles. The molecule has 1 fully saturated rings. The average Bonchev–Trinajstić information content (AvgIpc) is 2.84. The van der Waals surface area contributed by atoms with E-state index in [2.05, 4.69) is 22.3 Å². The zero-order chi connectivity index (χ0) is 15.6. The van der Waals surface area contributed by atoms with Crippen molar-refractivity contribution in [2.75, 3.05) is 20.1 Å². The number of furan rings is 1. The molecule has 7 nitrogen and oxygen atoms in total. The highest BCUT2D eigenvalue weighted by Crippen LogP contribution is 2.20. The zero-order valence-corrected chi connectivity index (χ0v) is 13.2. The summed E-state index contributed by atoms with van der Waals surface area (Å²) in [5.74, 6) is 0.356. The van der Waals surface area contributed by atoms with Crippen molar-refractivity contribution >= 4 is 15.9 Å². The van der Waals surface area contributed by atoms with Crippen molar-refractivity contribution in [1.29, 1.82) is 0 Å². The number of rotatable bonds is 4. The SMILES string of the molecule is CNS(=O)(=O)c1cc(C(=O)NC2CNCCC2C)c(C)o1. The fraction of sp³-hybridized carbons (Fsp3) is 0.615. The molecule has 3 N–H and O–H groups in total. The molecule has 2 unspecified atom stereocenters. The van der Waals surface area contributed by atoms with E-state index in [1.807, 2.05) is 0 Å². The van der Waals surface area contributed by atoms with E-state index in [1.54, 1.807) is 6.92 Å². The third kappa shape index (κ3) is 3.45. The first-order chi connectivity index (χ1) is 9.85. The summed E-state index contributed by atoms with van der Waals surface area (Å²) in [6, 6.07) is 1.29. The predicted molar refractivity (Wildman–Crippen MR) is 77.6 cm³/mol. The van der Waals surface area contributed by atoms with E-state index in [0.29, 0.717) is 12.5 Å². The summed E-state index contributed by atoms with van der Waals surface area (Å²) in [6.45, 7) is 5.32. The van der Waals surface area contributed by atoms with Crippen LogP contribution >= 0.6 is 0 Å². The first-order valence-corrected chi connectivity index (χ1v) is 8.39. The molecule has 1 aromatic heterocycles. The summed E-state index contributed by atoms with van der Waals surface area (Å²) in [4.78, 5) is 12.3. The second-order valence-electron chi connectivity index (χ2n) is 5.29. The maximum Gasteiger partial charge on any atom is 0.273 e. The Morgan fingerprint density at radius 1 is 1.48 bits per heavy atom. The molecule has 0 aliphatic carbocycles. The summed E-state index contributed by atoms with van der Waals surface area (Å²) in [6.07, 6.45) is 0.995. The largest absolute Gasteiger partial charge is 0.448 e. The van der Waals surface area contributed by atoms with Crippen LogP contribution in [0.3, 0.4) is 0 Å². The van der Waals surface area contributed by atoms with Gasteiger partial charge in [0.15, 0.2) is 0 Å². The van der Waals surface area contributed by atoms with Gasteiger partial charge in [-0.25, -0.2) is 13.1 Å². The first-order valence-electron chi connectivity index (χ1n) is 6.90. The molecule has 0 radical (unpaired) electrons. The van der Waals surface area contributed by atoms with Crippen molar-refractivity contribution in [3.63, 3.8) is 0 Å². The number of aryl methyl sites for hydroxylation is 1. The molecule has 8 heteroatoms. The van der Waals surface area contributed by atoms with Gasteiger partial charge in [0.05, 0.1) is 5.56 Å². The third-order valence-electron chi connectivity index (χ3n) is 3.82. The van der Waals surface area contributed by atoms with Crippen LogP contribution in [-0.4, -0.2) is 40.5 Å². The Morgan fingerprint density at radius 3 is 2.81 bits per heavy atom. The smallest absolute Gasteiger partial charge is 0.273 e. The molecule has 0 spiro atoms. The van der Waals surface area contributed by atoms with Crippen LogP contribution in [0.1, 0.15) is 29.5 Å². The van der Waals surface area contributed by atoms with Gasteiger partial charge in [-0.15, -0.1) is 0 Å². The van der Waals surface area contributed by atoms with Gasteiger partial charge in [-0.3, -0.25) is 4.79 Å². The summed E-state index contributed by atoms with van der Waals surface area (Å²) in [5, 5.41) is 5.92. The number of nitrogens with one attached hydrogen (secondary N) is 3. The lowest BCUT2D eigenvalue weighted by molar-refractivity contribution is 0.0913. The fourth-order valence-electron chi connectivity index (χ4n) is 2.34. The van der Waals surface area contributed by atoms with Crippen molar-refractivity contribution in [2.24, 2.45) is 5.92 Å². The number of carbonyl (C=O) groups excluding carboxylic acids is 1. The van der Waals surface area contributed by atoms with Gasteiger partial charge in [0.1, 0.15) is 5.76 Å². The van der Waals surface area contributed by atoms with Crippen LogP contribution in [0.25, 0.3) is 0 Å². The quantitative estimate of drug-likeness (QED) is 0.738. The number of carbonyl (C=O) groups is 1. The van der Waals surface area contributed by atoms with Crippen LogP contribution in [0.2, 0.25) is 0 Å². The minimum atomic E-state index is -3.69. The molecule has 0 saturated carbocycles. The second-order valence-corrected chi connectivity index (χ2v) is 7.11. The van der Waals surface area contributed by atoms with E-state index in [1.165, 1.54) is 13.1 Å². The summed E-state index contributed by atoms with van der Waals surface area (Å²) in [7, 11) is -2.39. The van der Waals surface area contributed by atoms with Gasteiger partial charge >= 0.3 is 0 Å². The van der Waals surface area contributed by atoms with Crippen LogP contribution < -0.4 is 15.4 Å². The lowest BCUT2D eigenvalue weighted by atomic mass is 9.94. The number of amides is 1. The van der Waals surface area contributed by atoms with Crippen LogP contribution in [0.15, 0.2) is 15.6 Å². The minimum Gasteiger partial charge on any atom is -0.448 e. The molecule has 21 heavy (non-hydrogen) atoms. The molecule has 1 aliphatic heterocycles. The number of hydrogen-bond donors (Lipinski definition) is 3. The average molecular weight is 315 g/mol. The second kappa shape index (κ2) is 6.17. The topological polar surface area (TPSA) is 100 Å². The predicted octanol–water partition coefficient (Wildman–Crippen LogP) is 0.224. The van der Waals surface area contributed by atoms with Crippen LogP contribution in [-0.2, 0) is 10.0 Å². The van der Waals surface area contributed by atoms with Crippen molar-refractivity contribution in [1.82, 2.24) is 15.4 Å². The van der Waals surface area contributed by atoms with E-state index in [4.69, 9.17) is 4.42 Å². The van der Waals surface area contributed by atoms with Gasteiger partial charge in [-0.1, -0.05) is 6.92 Å². The van der Waals surface area contributed by atoms with E-state index in [0.717, 1.165) is 13.0 Å². The number of piperidine rings is 1. The molecule has 2 rings (SSSR count). The Morgan fingerprint density at radius 2 is 2.19 bits per heavy atom. The molecule has 2 atom stereocenters. The minimum absolute atomic E-state index is 0.0323. The Kier molecular flexibility index (Phi) is 4.70. The molecule has 0 bridgehead atoms. The third-order valence-corrected chi connectivity index (χ3v) is 5.09. The van der Waals surface area contributed by atoms with Gasteiger partial charge in [0, 0.05) is 18.7 Å². The molecule has 118 valence electrons. The highest BCUT2D eigenvalue weighted by atomic mass is 32.2. The fourth-order valence-corrected chi connectivity index (χ4v) is 3.05. The van der Waals surface area contributed by atoms with E-state index >= 15 is 0 Å². The highest BCUT2D eigenvalue weighted by molar-refractivity contribution is 7.89. The Bertz CT molecular complexity index is 623. The Balaban J connectivity index is 2.16. The highest BCUT2D eigenvalue weighted by Gasteiger charge is 2.26. The van der Waals surface area contributed by atoms with E-state index in [9.17, 15) is 13.2 Å². The molecule has 1 aliphatic rings. The Hall–Kier alpha value is -1.38. The summed E-state index contributed by atoms with van der Waals surface area (Å²) < 4.78 is 30.7. The van der Waals surface area contributed by atoms with Gasteiger partial charge in [-0.05, 0) is 32.9 Å². The van der Waals surface area contributed by atoms with E-state index < -0.39 is 10.0 Å². The molecular formula is C13H21N3O4S. The van der Waals surface area contributed by atoms with Gasteiger partial charge in [-0.2, -0.15) is 0 Å². The van der Waals surface area contributed by atoms with Crippen LogP contribution in [0, 0.1) is 12.8 Å². The monoisotopic (exact) mass is 315 g/mol. The number of sulfonamides is 1. The maximum atomic E-state index is 12.3. The zero-order valence-electron chi connectivity index (χ0n) is 12.4. The molecule has 1 aromatic rings. The molecule has 0 aromatic carbocycles. The molecular weight excluding hydrogens is 294 g/mol. The maximum absolute atomic E-state index is 12.3. The van der Waals surface area contributed by atoms with Crippen molar-refractivity contribution in [3.8, 4) is 0 Å². The normalized spacial score (nSPS) is 23.0.